The van der Waals surface area contributed by atoms with Crippen LogP contribution in [0.5, 0.6) is 5.75 Å². The van der Waals surface area contributed by atoms with Gasteiger partial charge in [-0.1, -0.05) is 32.0 Å². The van der Waals surface area contributed by atoms with Crippen LogP contribution in [0.15, 0.2) is 54.7 Å². The number of benzene rings is 2. The summed E-state index contributed by atoms with van der Waals surface area (Å²) in [6.45, 7) is 4.30. The molecule has 4 nitrogen and oxygen atoms in total. The Morgan fingerprint density at radius 2 is 1.92 bits per heavy atom. The van der Waals surface area contributed by atoms with Gasteiger partial charge in [0.15, 0.2) is 0 Å². The molecule has 1 heterocycles. The smallest absolute Gasteiger partial charge is 0.224 e. The predicted octanol–water partition coefficient (Wildman–Crippen LogP) is 4.94. The van der Waals surface area contributed by atoms with Crippen molar-refractivity contribution in [1.29, 1.82) is 0 Å². The number of aromatic nitrogens is 1. The Morgan fingerprint density at radius 1 is 1.16 bits per heavy atom. The summed E-state index contributed by atoms with van der Waals surface area (Å²) in [6, 6.07) is 15.6. The third kappa shape index (κ3) is 3.85. The SMILES string of the molecule is COc1ccc2[nH]cc([C@H](CC(=O)Nc3ccccc3)C(C)C)c2c1. The molecule has 130 valence electrons. The van der Waals surface area contributed by atoms with Crippen LogP contribution < -0.4 is 10.1 Å². The number of aromatic amines is 1. The zero-order valence-electron chi connectivity index (χ0n) is 14.9. The first-order valence-electron chi connectivity index (χ1n) is 8.58. The molecule has 0 saturated heterocycles. The summed E-state index contributed by atoms with van der Waals surface area (Å²) < 4.78 is 5.35. The molecular weight excluding hydrogens is 312 g/mol. The van der Waals surface area contributed by atoms with Crippen LogP contribution >= 0.6 is 0 Å². The van der Waals surface area contributed by atoms with E-state index in [0.29, 0.717) is 12.3 Å². The van der Waals surface area contributed by atoms with Gasteiger partial charge in [-0.15, -0.1) is 0 Å². The van der Waals surface area contributed by atoms with Crippen molar-refractivity contribution in [2.45, 2.75) is 26.2 Å². The highest BCUT2D eigenvalue weighted by Gasteiger charge is 2.23. The maximum Gasteiger partial charge on any atom is 0.224 e. The van der Waals surface area contributed by atoms with Crippen LogP contribution in [0.3, 0.4) is 0 Å². The minimum absolute atomic E-state index is 0.0298. The minimum Gasteiger partial charge on any atom is -0.497 e. The van der Waals surface area contributed by atoms with E-state index in [4.69, 9.17) is 4.74 Å². The van der Waals surface area contributed by atoms with Gasteiger partial charge in [-0.05, 0) is 47.7 Å². The molecule has 0 aliphatic heterocycles. The van der Waals surface area contributed by atoms with Crippen molar-refractivity contribution in [1.82, 2.24) is 4.98 Å². The first-order valence-corrected chi connectivity index (χ1v) is 8.58. The predicted molar refractivity (Wildman–Crippen MR) is 102 cm³/mol. The number of carbonyl (C=O) groups is 1. The van der Waals surface area contributed by atoms with E-state index in [-0.39, 0.29) is 11.8 Å². The van der Waals surface area contributed by atoms with E-state index in [1.54, 1.807) is 7.11 Å². The zero-order valence-corrected chi connectivity index (χ0v) is 14.9. The first-order chi connectivity index (χ1) is 12.1. The van der Waals surface area contributed by atoms with Crippen LogP contribution in [-0.4, -0.2) is 18.0 Å². The summed E-state index contributed by atoms with van der Waals surface area (Å²) in [5.74, 6) is 1.32. The molecule has 1 aromatic heterocycles. The third-order valence-corrected chi connectivity index (χ3v) is 4.59. The van der Waals surface area contributed by atoms with Crippen LogP contribution in [0.25, 0.3) is 10.9 Å². The molecule has 1 amide bonds. The Labute approximate surface area is 148 Å². The fraction of sp³-hybridized carbons (Fsp3) is 0.286. The molecule has 0 aliphatic carbocycles. The molecule has 0 aliphatic rings. The lowest BCUT2D eigenvalue weighted by atomic mass is 9.85. The molecule has 2 aromatic carbocycles. The van der Waals surface area contributed by atoms with E-state index in [0.717, 1.165) is 27.9 Å². The molecule has 3 rings (SSSR count). The van der Waals surface area contributed by atoms with Gasteiger partial charge < -0.3 is 15.0 Å². The number of carbonyl (C=O) groups excluding carboxylic acids is 1. The number of H-pyrrole nitrogens is 1. The topological polar surface area (TPSA) is 54.1 Å². The third-order valence-electron chi connectivity index (χ3n) is 4.59. The van der Waals surface area contributed by atoms with Gasteiger partial charge >= 0.3 is 0 Å². The number of fused-ring (bicyclic) bond motifs is 1. The molecule has 25 heavy (non-hydrogen) atoms. The number of nitrogens with one attached hydrogen (secondary N) is 2. The molecule has 0 spiro atoms. The van der Waals surface area contributed by atoms with Crippen LogP contribution in [0.4, 0.5) is 5.69 Å². The maximum absolute atomic E-state index is 12.5. The molecule has 3 aromatic rings. The minimum atomic E-state index is 0.0298. The van der Waals surface area contributed by atoms with E-state index >= 15 is 0 Å². The summed E-state index contributed by atoms with van der Waals surface area (Å²) in [5, 5.41) is 4.10. The van der Waals surface area contributed by atoms with Crippen LogP contribution in [0.2, 0.25) is 0 Å². The average molecular weight is 336 g/mol. The maximum atomic E-state index is 12.5. The van der Waals surface area contributed by atoms with Crippen molar-refractivity contribution in [3.8, 4) is 5.75 Å². The van der Waals surface area contributed by atoms with Gasteiger partial charge in [0.2, 0.25) is 5.91 Å². The van der Waals surface area contributed by atoms with E-state index in [9.17, 15) is 4.79 Å². The summed E-state index contributed by atoms with van der Waals surface area (Å²) in [6.07, 6.45) is 2.46. The van der Waals surface area contributed by atoms with Crippen molar-refractivity contribution in [2.75, 3.05) is 12.4 Å². The van der Waals surface area contributed by atoms with E-state index < -0.39 is 0 Å². The van der Waals surface area contributed by atoms with Crippen molar-refractivity contribution in [3.63, 3.8) is 0 Å². The second-order valence-corrected chi connectivity index (χ2v) is 6.62. The van der Waals surface area contributed by atoms with Crippen LogP contribution in [0.1, 0.15) is 31.7 Å². The number of anilines is 1. The highest BCUT2D eigenvalue weighted by Crippen LogP contribution is 2.35. The van der Waals surface area contributed by atoms with Gasteiger partial charge in [0, 0.05) is 29.2 Å². The number of hydrogen-bond acceptors (Lipinski definition) is 2. The van der Waals surface area contributed by atoms with Gasteiger partial charge in [0.25, 0.3) is 0 Å². The largest absolute Gasteiger partial charge is 0.497 e. The van der Waals surface area contributed by atoms with Crippen LogP contribution in [0, 0.1) is 5.92 Å². The number of para-hydroxylation sites is 1. The summed E-state index contributed by atoms with van der Waals surface area (Å²) in [7, 11) is 1.67. The molecule has 1 atom stereocenters. The van der Waals surface area contributed by atoms with Gasteiger partial charge in [0.05, 0.1) is 7.11 Å². The molecule has 0 fully saturated rings. The van der Waals surface area contributed by atoms with Gasteiger partial charge in [0.1, 0.15) is 5.75 Å². The number of methoxy groups -OCH3 is 1. The summed E-state index contributed by atoms with van der Waals surface area (Å²) in [5.41, 5.74) is 3.05. The molecular formula is C21H24N2O2. The van der Waals surface area contributed by atoms with E-state index in [1.807, 2.05) is 54.7 Å². The fourth-order valence-corrected chi connectivity index (χ4v) is 3.19. The van der Waals surface area contributed by atoms with Gasteiger partial charge in [-0.25, -0.2) is 0 Å². The Bertz CT molecular complexity index is 853. The number of ether oxygens (including phenoxy) is 1. The second-order valence-electron chi connectivity index (χ2n) is 6.62. The Hall–Kier alpha value is -2.75. The van der Waals surface area contributed by atoms with Crippen LogP contribution in [-0.2, 0) is 4.79 Å². The summed E-state index contributed by atoms with van der Waals surface area (Å²) >= 11 is 0. The number of hydrogen-bond donors (Lipinski definition) is 2. The molecule has 0 bridgehead atoms. The lowest BCUT2D eigenvalue weighted by Crippen LogP contribution is -2.18. The monoisotopic (exact) mass is 336 g/mol. The fourth-order valence-electron chi connectivity index (χ4n) is 3.19. The second kappa shape index (κ2) is 7.43. The van der Waals surface area contributed by atoms with Crippen molar-refractivity contribution in [3.05, 3.63) is 60.3 Å². The number of amides is 1. The standard InChI is InChI=1S/C21H24N2O2/c1-14(2)17(12-21(24)23-15-7-5-4-6-8-15)19-13-22-20-10-9-16(25-3)11-18(19)20/h4-11,13-14,17,22H,12H2,1-3H3,(H,23,24)/t17-/m1/s1. The molecule has 0 saturated carbocycles. The molecule has 2 N–H and O–H groups in total. The van der Waals surface area contributed by atoms with E-state index in [1.165, 1.54) is 0 Å². The normalized spacial score (nSPS) is 12.3. The summed E-state index contributed by atoms with van der Waals surface area (Å²) in [4.78, 5) is 15.8. The highest BCUT2D eigenvalue weighted by molar-refractivity contribution is 5.92. The zero-order chi connectivity index (χ0) is 17.8. The van der Waals surface area contributed by atoms with Crippen molar-refractivity contribution < 1.29 is 9.53 Å². The lowest BCUT2D eigenvalue weighted by Gasteiger charge is -2.20. The first kappa shape index (κ1) is 17.1. The van der Waals surface area contributed by atoms with Crippen molar-refractivity contribution in [2.24, 2.45) is 5.92 Å². The Morgan fingerprint density at radius 3 is 2.60 bits per heavy atom. The lowest BCUT2D eigenvalue weighted by molar-refractivity contribution is -0.116. The Kier molecular flexibility index (Phi) is 5.08. The molecule has 4 heteroatoms. The average Bonchev–Trinajstić information content (AvgIpc) is 3.03. The molecule has 0 radical (unpaired) electrons. The molecule has 0 unspecified atom stereocenters. The quantitative estimate of drug-likeness (QED) is 0.669. The number of rotatable bonds is 6. The van der Waals surface area contributed by atoms with Gasteiger partial charge in [-0.3, -0.25) is 4.79 Å². The van der Waals surface area contributed by atoms with Crippen molar-refractivity contribution >= 4 is 22.5 Å². The van der Waals surface area contributed by atoms with E-state index in [2.05, 4.69) is 24.1 Å². The van der Waals surface area contributed by atoms with Gasteiger partial charge in [-0.2, -0.15) is 0 Å². The highest BCUT2D eigenvalue weighted by atomic mass is 16.5. The Balaban J connectivity index is 1.85.